The molecule has 4 aliphatic carbocycles. The number of allylic oxidation sites excluding steroid dienone is 2. The number of carbonyl (C=O) groups is 3. The third-order valence-electron chi connectivity index (χ3n) is 8.57. The molecule has 1 fully saturated rings. The molecule has 1 aromatic carbocycles. The molecule has 10 nitrogen and oxygen atoms in total. The molecule has 0 radical (unpaired) electrons. The third kappa shape index (κ3) is 3.12. The van der Waals surface area contributed by atoms with Crippen LogP contribution in [0.4, 0.5) is 0 Å². The van der Waals surface area contributed by atoms with Gasteiger partial charge in [-0.05, 0) is 38.4 Å². The van der Waals surface area contributed by atoms with Crippen LogP contribution in [-0.4, -0.2) is 79.7 Å². The van der Waals surface area contributed by atoms with Crippen LogP contribution in [0.5, 0.6) is 5.75 Å². The van der Waals surface area contributed by atoms with Crippen molar-refractivity contribution in [3.05, 3.63) is 57.9 Å². The highest BCUT2D eigenvalue weighted by Crippen LogP contribution is 2.56. The number of nitrogens with two attached hydrogens (primary N) is 1. The SMILES string of the molecule is C[C@@H]1c2ccc(C3C=CCC3)c(O)c2C(O)=C2C(=O)[C@@]3(O)C(O)=C(C(N)=O)C(=O)[C@H](N(C)C)[C@H]3[C@H](O)[C@H]21. The van der Waals surface area contributed by atoms with Crippen LogP contribution in [0, 0.1) is 11.8 Å². The summed E-state index contributed by atoms with van der Waals surface area (Å²) in [6, 6.07) is 2.13. The van der Waals surface area contributed by atoms with Gasteiger partial charge in [-0.15, -0.1) is 0 Å². The van der Waals surface area contributed by atoms with E-state index in [4.69, 9.17) is 5.73 Å². The van der Waals surface area contributed by atoms with Crippen molar-refractivity contribution in [2.45, 2.75) is 49.3 Å². The van der Waals surface area contributed by atoms with Crippen LogP contribution in [0.2, 0.25) is 0 Å². The molecule has 1 saturated carbocycles. The number of ketones is 2. The molecule has 0 heterocycles. The first kappa shape index (κ1) is 25.2. The van der Waals surface area contributed by atoms with Gasteiger partial charge in [0.1, 0.15) is 22.8 Å². The van der Waals surface area contributed by atoms with Crippen molar-refractivity contribution in [3.63, 3.8) is 0 Å². The number of hydrogen-bond acceptors (Lipinski definition) is 9. The minimum atomic E-state index is -2.91. The van der Waals surface area contributed by atoms with E-state index >= 15 is 0 Å². The van der Waals surface area contributed by atoms with E-state index in [2.05, 4.69) is 0 Å². The predicted molar refractivity (Wildman–Crippen MR) is 131 cm³/mol. The lowest BCUT2D eigenvalue weighted by Gasteiger charge is -2.53. The summed E-state index contributed by atoms with van der Waals surface area (Å²) in [4.78, 5) is 40.6. The summed E-state index contributed by atoms with van der Waals surface area (Å²) in [6.45, 7) is 1.71. The first-order valence-electron chi connectivity index (χ1n) is 12.2. The van der Waals surface area contributed by atoms with Crippen molar-refractivity contribution in [2.24, 2.45) is 17.6 Å². The fraction of sp³-hybridized carbons (Fsp3) is 0.444. The maximum atomic E-state index is 14.0. The molecule has 1 aromatic rings. The summed E-state index contributed by atoms with van der Waals surface area (Å²) < 4.78 is 0. The zero-order valence-electron chi connectivity index (χ0n) is 20.7. The Bertz CT molecular complexity index is 1340. The number of hydrogen-bond donors (Lipinski definition) is 6. The van der Waals surface area contributed by atoms with Crippen molar-refractivity contribution in [1.29, 1.82) is 0 Å². The maximum Gasteiger partial charge on any atom is 0.255 e. The fourth-order valence-corrected chi connectivity index (χ4v) is 6.82. The summed E-state index contributed by atoms with van der Waals surface area (Å²) in [5.41, 5.74) is 2.19. The van der Waals surface area contributed by atoms with Gasteiger partial charge in [-0.1, -0.05) is 31.2 Å². The number of aromatic hydroxyl groups is 1. The highest BCUT2D eigenvalue weighted by Gasteiger charge is 2.68. The predicted octanol–water partition coefficient (Wildman–Crippen LogP) is 0.929. The molecule has 4 aliphatic rings. The molecular weight excluding hydrogens is 480 g/mol. The highest BCUT2D eigenvalue weighted by atomic mass is 16.4. The largest absolute Gasteiger partial charge is 0.508 e. The number of aliphatic hydroxyl groups is 4. The van der Waals surface area contributed by atoms with Gasteiger partial charge in [0.2, 0.25) is 5.78 Å². The monoisotopic (exact) mass is 510 g/mol. The molecule has 7 atom stereocenters. The van der Waals surface area contributed by atoms with Crippen molar-refractivity contribution < 1.29 is 39.9 Å². The third-order valence-corrected chi connectivity index (χ3v) is 8.57. The normalized spacial score (nSPS) is 35.1. The number of benzene rings is 1. The van der Waals surface area contributed by atoms with Crippen LogP contribution < -0.4 is 5.73 Å². The molecule has 37 heavy (non-hydrogen) atoms. The maximum absolute atomic E-state index is 14.0. The van der Waals surface area contributed by atoms with Crippen LogP contribution >= 0.6 is 0 Å². The standard InChI is InChI=1S/C27H30N2O8/c1-10-12-8-9-13(11-6-4-5-7-11)20(30)15(12)21(31)16-14(10)22(32)18-19(29(2)3)23(33)17(26(28)36)25(35)27(18,37)24(16)34/h4,6,8-11,14,18-19,22,30-32,35,37H,5,7H2,1-3H3,(H2,28,36)/t10-,11?,14+,18+,19-,22-,27-/m1/s1. The van der Waals surface area contributed by atoms with E-state index in [1.165, 1.54) is 19.0 Å². The quantitative estimate of drug-likeness (QED) is 0.254. The molecule has 0 spiro atoms. The smallest absolute Gasteiger partial charge is 0.255 e. The summed E-state index contributed by atoms with van der Waals surface area (Å²) in [6.07, 6.45) is 3.96. The lowest BCUT2D eigenvalue weighted by molar-refractivity contribution is -0.169. The van der Waals surface area contributed by atoms with Crippen LogP contribution in [0.25, 0.3) is 5.76 Å². The van der Waals surface area contributed by atoms with Gasteiger partial charge in [0.15, 0.2) is 11.4 Å². The van der Waals surface area contributed by atoms with Crippen LogP contribution in [0.15, 0.2) is 41.2 Å². The number of carbonyl (C=O) groups excluding carboxylic acids is 3. The molecule has 0 aromatic heterocycles. The Labute approximate surface area is 213 Å². The number of fused-ring (bicyclic) bond motifs is 3. The highest BCUT2D eigenvalue weighted by molar-refractivity contribution is 6.24. The Balaban J connectivity index is 1.77. The van der Waals surface area contributed by atoms with Crippen molar-refractivity contribution in [3.8, 4) is 5.75 Å². The minimum Gasteiger partial charge on any atom is -0.508 e. The second-order valence-electron chi connectivity index (χ2n) is 10.6. The minimum absolute atomic E-state index is 0.0220. The lowest BCUT2D eigenvalue weighted by atomic mass is 9.54. The van der Waals surface area contributed by atoms with Gasteiger partial charge in [-0.25, -0.2) is 0 Å². The van der Waals surface area contributed by atoms with Crippen molar-refractivity contribution in [2.75, 3.05) is 14.1 Å². The topological polar surface area (TPSA) is 182 Å². The second kappa shape index (κ2) is 8.27. The van der Waals surface area contributed by atoms with Gasteiger partial charge >= 0.3 is 0 Å². The van der Waals surface area contributed by atoms with Gasteiger partial charge in [0, 0.05) is 23.0 Å². The molecule has 1 unspecified atom stereocenters. The zero-order valence-corrected chi connectivity index (χ0v) is 20.7. The van der Waals surface area contributed by atoms with Crippen LogP contribution in [-0.2, 0) is 14.4 Å². The Kier molecular flexibility index (Phi) is 5.63. The number of nitrogens with zero attached hydrogens (tertiary/aromatic N) is 1. The number of likely N-dealkylation sites (N-methyl/N-ethyl adjacent to an activating group) is 1. The summed E-state index contributed by atoms with van der Waals surface area (Å²) in [5, 5.41) is 56.9. The first-order chi connectivity index (χ1) is 17.3. The van der Waals surface area contributed by atoms with Crippen molar-refractivity contribution in [1.82, 2.24) is 4.90 Å². The van der Waals surface area contributed by atoms with E-state index in [-0.39, 0.29) is 22.8 Å². The average Bonchev–Trinajstić information content (AvgIpc) is 3.35. The van der Waals surface area contributed by atoms with Gasteiger partial charge in [0.05, 0.1) is 23.6 Å². The van der Waals surface area contributed by atoms with Gasteiger partial charge in [-0.2, -0.15) is 0 Å². The molecule has 196 valence electrons. The fourth-order valence-electron chi connectivity index (χ4n) is 6.82. The summed E-state index contributed by atoms with van der Waals surface area (Å²) >= 11 is 0. The molecule has 7 N–H and O–H groups in total. The number of primary amides is 1. The Morgan fingerprint density at radius 3 is 2.35 bits per heavy atom. The molecule has 0 aliphatic heterocycles. The van der Waals surface area contributed by atoms with Crippen LogP contribution in [0.3, 0.4) is 0 Å². The number of phenols is 1. The van der Waals surface area contributed by atoms with Crippen molar-refractivity contribution >= 4 is 23.2 Å². The van der Waals surface area contributed by atoms with E-state index in [0.717, 1.165) is 12.8 Å². The van der Waals surface area contributed by atoms with Gasteiger partial charge in [0.25, 0.3) is 5.91 Å². The molecule has 1 amide bonds. The number of rotatable bonds is 3. The molecular formula is C27H30N2O8. The summed E-state index contributed by atoms with van der Waals surface area (Å²) in [7, 11) is 2.95. The van der Waals surface area contributed by atoms with Crippen LogP contribution in [0.1, 0.15) is 48.3 Å². The Morgan fingerprint density at radius 2 is 1.78 bits per heavy atom. The Hall–Kier alpha value is -3.47. The lowest BCUT2D eigenvalue weighted by Crippen LogP contribution is -2.70. The molecule has 5 rings (SSSR count). The number of aliphatic hydroxyl groups excluding tert-OH is 3. The van der Waals surface area contributed by atoms with Gasteiger partial charge in [-0.3, -0.25) is 19.3 Å². The van der Waals surface area contributed by atoms with E-state index in [0.29, 0.717) is 11.1 Å². The average molecular weight is 511 g/mol. The Morgan fingerprint density at radius 1 is 1.14 bits per heavy atom. The van der Waals surface area contributed by atoms with E-state index < -0.39 is 70.1 Å². The molecule has 0 saturated heterocycles. The second-order valence-corrected chi connectivity index (χ2v) is 10.6. The van der Waals surface area contributed by atoms with E-state index in [1.54, 1.807) is 19.1 Å². The summed E-state index contributed by atoms with van der Waals surface area (Å²) in [5.74, 6) is -8.83. The molecule has 0 bridgehead atoms. The number of phenolic OH excluding ortho intramolecular Hbond substituents is 1. The number of Topliss-reactive ketones (excluding diaryl/α,β-unsaturated/α-hetero) is 2. The molecule has 10 heteroatoms. The number of amides is 1. The first-order valence-corrected chi connectivity index (χ1v) is 12.2. The van der Waals surface area contributed by atoms with E-state index in [9.17, 15) is 39.9 Å². The zero-order chi connectivity index (χ0) is 27.1. The van der Waals surface area contributed by atoms with Gasteiger partial charge < -0.3 is 31.3 Å². The van der Waals surface area contributed by atoms with E-state index in [1.807, 2.05) is 12.2 Å².